The van der Waals surface area contributed by atoms with E-state index in [-0.39, 0.29) is 17.5 Å². The summed E-state index contributed by atoms with van der Waals surface area (Å²) in [6.45, 7) is 4.67. The summed E-state index contributed by atoms with van der Waals surface area (Å²) in [7, 11) is 0. The van der Waals surface area contributed by atoms with Crippen LogP contribution in [0.15, 0.2) is 54.7 Å². The van der Waals surface area contributed by atoms with E-state index in [0.29, 0.717) is 28.7 Å². The number of carbonyl (C=O) groups is 1. The van der Waals surface area contributed by atoms with Gasteiger partial charge >= 0.3 is 0 Å². The van der Waals surface area contributed by atoms with Gasteiger partial charge in [-0.25, -0.2) is 4.39 Å². The Morgan fingerprint density at radius 3 is 2.44 bits per heavy atom. The third kappa shape index (κ3) is 4.84. The highest BCUT2D eigenvalue weighted by atomic mass is 35.5. The Kier molecular flexibility index (Phi) is 6.30. The van der Waals surface area contributed by atoms with Crippen LogP contribution in [0, 0.1) is 19.7 Å². The standard InChI is InChI=1S/C23H20Cl2FN5O/c1-14-21(25)15(2)31(28-14)12-16-6-8-18(9-7-16)23(32)27-22-20(24)13-30(29-22)11-17-4-3-5-19(26)10-17/h3-10,13H,11-12H2,1-2H3,(H,27,29,32). The summed E-state index contributed by atoms with van der Waals surface area (Å²) < 4.78 is 16.8. The fourth-order valence-corrected chi connectivity index (χ4v) is 3.66. The molecule has 0 unspecified atom stereocenters. The van der Waals surface area contributed by atoms with Crippen LogP contribution in [-0.4, -0.2) is 25.5 Å². The number of hydrogen-bond acceptors (Lipinski definition) is 3. The van der Waals surface area contributed by atoms with Crippen LogP contribution in [0.4, 0.5) is 10.2 Å². The number of benzene rings is 2. The van der Waals surface area contributed by atoms with Crippen LogP contribution >= 0.6 is 23.2 Å². The van der Waals surface area contributed by atoms with E-state index in [1.807, 2.05) is 30.7 Å². The van der Waals surface area contributed by atoms with Gasteiger partial charge in [-0.15, -0.1) is 0 Å². The van der Waals surface area contributed by atoms with Crippen LogP contribution in [0.5, 0.6) is 0 Å². The van der Waals surface area contributed by atoms with Crippen molar-refractivity contribution >= 4 is 34.9 Å². The molecule has 2 aromatic heterocycles. The van der Waals surface area contributed by atoms with E-state index in [4.69, 9.17) is 23.2 Å². The van der Waals surface area contributed by atoms with Gasteiger partial charge in [0.15, 0.2) is 5.82 Å². The Morgan fingerprint density at radius 2 is 1.78 bits per heavy atom. The van der Waals surface area contributed by atoms with Crippen molar-refractivity contribution in [2.45, 2.75) is 26.9 Å². The normalized spacial score (nSPS) is 11.0. The zero-order chi connectivity index (χ0) is 22.8. The zero-order valence-corrected chi connectivity index (χ0v) is 19.0. The summed E-state index contributed by atoms with van der Waals surface area (Å²) in [6.07, 6.45) is 1.59. The van der Waals surface area contributed by atoms with E-state index in [9.17, 15) is 9.18 Å². The average Bonchev–Trinajstić information content (AvgIpc) is 3.21. The van der Waals surface area contributed by atoms with Crippen molar-refractivity contribution in [3.63, 3.8) is 0 Å². The Morgan fingerprint density at radius 1 is 1.03 bits per heavy atom. The van der Waals surface area contributed by atoms with Crippen LogP contribution in [0.25, 0.3) is 0 Å². The summed E-state index contributed by atoms with van der Waals surface area (Å²) >= 11 is 12.4. The average molecular weight is 472 g/mol. The molecule has 4 rings (SSSR count). The van der Waals surface area contributed by atoms with Gasteiger partial charge in [0.25, 0.3) is 5.91 Å². The Balaban J connectivity index is 1.42. The molecule has 0 aliphatic rings. The number of amides is 1. The number of hydrogen-bond donors (Lipinski definition) is 1. The number of anilines is 1. The number of nitrogens with zero attached hydrogens (tertiary/aromatic N) is 4. The first-order valence-electron chi connectivity index (χ1n) is 9.87. The van der Waals surface area contributed by atoms with E-state index in [1.165, 1.54) is 12.1 Å². The van der Waals surface area contributed by atoms with Crippen molar-refractivity contribution in [1.29, 1.82) is 0 Å². The first-order chi connectivity index (χ1) is 15.3. The summed E-state index contributed by atoms with van der Waals surface area (Å²) in [5, 5.41) is 12.4. The van der Waals surface area contributed by atoms with Gasteiger partial charge in [0.2, 0.25) is 0 Å². The quantitative estimate of drug-likeness (QED) is 0.404. The molecule has 9 heteroatoms. The van der Waals surface area contributed by atoms with Crippen molar-refractivity contribution in [2.24, 2.45) is 0 Å². The Bertz CT molecular complexity index is 1280. The van der Waals surface area contributed by atoms with Crippen molar-refractivity contribution in [3.8, 4) is 0 Å². The molecule has 1 amide bonds. The minimum atomic E-state index is -0.330. The lowest BCUT2D eigenvalue weighted by Gasteiger charge is -2.07. The molecule has 2 heterocycles. The van der Waals surface area contributed by atoms with Crippen LogP contribution in [0.2, 0.25) is 10.0 Å². The maximum Gasteiger partial charge on any atom is 0.256 e. The third-order valence-corrected chi connectivity index (χ3v) is 5.85. The van der Waals surface area contributed by atoms with Crippen LogP contribution < -0.4 is 5.32 Å². The molecule has 0 saturated heterocycles. The molecule has 164 valence electrons. The maximum atomic E-state index is 13.4. The van der Waals surface area contributed by atoms with Crippen LogP contribution in [0.3, 0.4) is 0 Å². The highest BCUT2D eigenvalue weighted by Crippen LogP contribution is 2.22. The molecule has 0 radical (unpaired) electrons. The molecule has 2 aromatic carbocycles. The highest BCUT2D eigenvalue weighted by molar-refractivity contribution is 6.33. The lowest BCUT2D eigenvalue weighted by Crippen LogP contribution is -2.13. The fourth-order valence-electron chi connectivity index (χ4n) is 3.33. The van der Waals surface area contributed by atoms with E-state index in [2.05, 4.69) is 15.5 Å². The first-order valence-corrected chi connectivity index (χ1v) is 10.6. The van der Waals surface area contributed by atoms with Crippen molar-refractivity contribution in [1.82, 2.24) is 19.6 Å². The number of halogens is 3. The molecule has 0 fully saturated rings. The van der Waals surface area contributed by atoms with E-state index in [1.54, 1.807) is 35.1 Å². The first kappa shape index (κ1) is 22.0. The molecule has 0 saturated carbocycles. The summed E-state index contributed by atoms with van der Waals surface area (Å²) in [4.78, 5) is 12.6. The molecular formula is C23H20Cl2FN5O. The maximum absolute atomic E-state index is 13.4. The van der Waals surface area contributed by atoms with Gasteiger partial charge in [0.05, 0.1) is 29.5 Å². The lowest BCUT2D eigenvalue weighted by atomic mass is 10.1. The Hall–Kier alpha value is -3.16. The second-order valence-electron chi connectivity index (χ2n) is 7.45. The molecule has 0 spiro atoms. The van der Waals surface area contributed by atoms with Crippen LogP contribution in [0.1, 0.15) is 32.9 Å². The molecule has 4 aromatic rings. The van der Waals surface area contributed by atoms with Gasteiger partial charge in [-0.05, 0) is 49.2 Å². The number of aryl methyl sites for hydroxylation is 1. The van der Waals surface area contributed by atoms with Crippen molar-refractivity contribution < 1.29 is 9.18 Å². The highest BCUT2D eigenvalue weighted by Gasteiger charge is 2.14. The molecule has 0 atom stereocenters. The second-order valence-corrected chi connectivity index (χ2v) is 8.23. The zero-order valence-electron chi connectivity index (χ0n) is 17.4. The van der Waals surface area contributed by atoms with Crippen LogP contribution in [-0.2, 0) is 13.1 Å². The predicted molar refractivity (Wildman–Crippen MR) is 123 cm³/mol. The van der Waals surface area contributed by atoms with E-state index < -0.39 is 0 Å². The molecule has 0 aliphatic heterocycles. The molecule has 6 nitrogen and oxygen atoms in total. The largest absolute Gasteiger partial charge is 0.304 e. The van der Waals surface area contributed by atoms with Gasteiger partial charge in [0, 0.05) is 11.8 Å². The lowest BCUT2D eigenvalue weighted by molar-refractivity contribution is 0.102. The smallest absolute Gasteiger partial charge is 0.256 e. The molecule has 0 bridgehead atoms. The second kappa shape index (κ2) is 9.14. The molecule has 32 heavy (non-hydrogen) atoms. The fraction of sp³-hybridized carbons (Fsp3) is 0.174. The predicted octanol–water partition coefficient (Wildman–Crippen LogP) is 5.49. The van der Waals surface area contributed by atoms with Gasteiger partial charge in [-0.1, -0.05) is 47.5 Å². The third-order valence-electron chi connectivity index (χ3n) is 5.02. The van der Waals surface area contributed by atoms with E-state index in [0.717, 1.165) is 22.5 Å². The SMILES string of the molecule is Cc1nn(Cc2ccc(C(=O)Nc3nn(Cc4cccc(F)c4)cc3Cl)cc2)c(C)c1Cl. The molecule has 0 aliphatic carbocycles. The summed E-state index contributed by atoms with van der Waals surface area (Å²) in [5.41, 5.74) is 3.88. The Labute approximate surface area is 194 Å². The number of aromatic nitrogens is 4. The van der Waals surface area contributed by atoms with E-state index >= 15 is 0 Å². The number of carbonyl (C=O) groups excluding carboxylic acids is 1. The number of rotatable bonds is 6. The van der Waals surface area contributed by atoms with Gasteiger partial charge < -0.3 is 5.32 Å². The van der Waals surface area contributed by atoms with Gasteiger partial charge in [-0.3, -0.25) is 14.2 Å². The number of nitrogens with one attached hydrogen (secondary N) is 1. The topological polar surface area (TPSA) is 64.7 Å². The van der Waals surface area contributed by atoms with Crippen molar-refractivity contribution in [2.75, 3.05) is 5.32 Å². The molecular weight excluding hydrogens is 452 g/mol. The van der Waals surface area contributed by atoms with Gasteiger partial charge in [0.1, 0.15) is 10.8 Å². The molecule has 1 N–H and O–H groups in total. The minimum Gasteiger partial charge on any atom is -0.304 e. The monoisotopic (exact) mass is 471 g/mol. The summed E-state index contributed by atoms with van der Waals surface area (Å²) in [5.74, 6) is -0.406. The van der Waals surface area contributed by atoms with Gasteiger partial charge in [-0.2, -0.15) is 10.2 Å². The van der Waals surface area contributed by atoms with Crippen molar-refractivity contribution in [3.05, 3.63) is 98.7 Å². The summed E-state index contributed by atoms with van der Waals surface area (Å²) in [6, 6.07) is 13.4. The minimum absolute atomic E-state index is 0.245.